The molecule has 2 saturated heterocycles. The van der Waals surface area contributed by atoms with Crippen molar-refractivity contribution in [1.29, 1.82) is 0 Å². The predicted molar refractivity (Wildman–Crippen MR) is 141 cm³/mol. The third-order valence-corrected chi connectivity index (χ3v) is 10.0. The van der Waals surface area contributed by atoms with Gasteiger partial charge in [-0.3, -0.25) is 0 Å². The summed E-state index contributed by atoms with van der Waals surface area (Å²) in [4.78, 5) is 6.13. The molecule has 3 aromatic rings. The Bertz CT molecular complexity index is 1680. The van der Waals surface area contributed by atoms with Crippen LogP contribution in [0, 0.1) is 23.0 Å². The van der Waals surface area contributed by atoms with Gasteiger partial charge >= 0.3 is 6.18 Å². The Labute approximate surface area is 233 Å². The normalized spacial score (nSPS) is 22.6. The largest absolute Gasteiger partial charge is 0.473 e. The molecule has 3 fully saturated rings. The Morgan fingerprint density at radius 1 is 1.02 bits per heavy atom. The number of fused-ring (bicyclic) bond motifs is 3. The third kappa shape index (κ3) is 4.64. The molecule has 0 radical (unpaired) electrons. The van der Waals surface area contributed by atoms with Gasteiger partial charge in [0, 0.05) is 60.7 Å². The van der Waals surface area contributed by atoms with Crippen LogP contribution in [0.15, 0.2) is 42.6 Å². The minimum atomic E-state index is -4.91. The summed E-state index contributed by atoms with van der Waals surface area (Å²) >= 11 is 0. The van der Waals surface area contributed by atoms with E-state index in [1.54, 1.807) is 12.3 Å². The second-order valence-corrected chi connectivity index (χ2v) is 13.8. The van der Waals surface area contributed by atoms with Crippen LogP contribution in [-0.2, 0) is 29.2 Å². The van der Waals surface area contributed by atoms with Crippen molar-refractivity contribution in [2.24, 2.45) is 11.3 Å². The van der Waals surface area contributed by atoms with Gasteiger partial charge in [-0.05, 0) is 71.7 Å². The van der Waals surface area contributed by atoms with Gasteiger partial charge in [0.05, 0.1) is 11.8 Å². The molecule has 12 heteroatoms. The van der Waals surface area contributed by atoms with Crippen LogP contribution in [0.2, 0.25) is 0 Å². The molecule has 0 bridgehead atoms. The highest BCUT2D eigenvalue weighted by atomic mass is 32.2. The zero-order valence-corrected chi connectivity index (χ0v) is 22.8. The van der Waals surface area contributed by atoms with Crippen LogP contribution in [0.3, 0.4) is 0 Å². The zero-order chi connectivity index (χ0) is 28.9. The molecular formula is C29H26F5N3O3S. The lowest BCUT2D eigenvalue weighted by molar-refractivity contribution is -0.137. The number of ether oxygens (including phenoxy) is 1. The van der Waals surface area contributed by atoms with E-state index in [0.29, 0.717) is 49.8 Å². The van der Waals surface area contributed by atoms with Crippen molar-refractivity contribution >= 4 is 15.7 Å². The molecule has 2 aliphatic carbocycles. The van der Waals surface area contributed by atoms with Gasteiger partial charge in [-0.25, -0.2) is 26.5 Å². The molecule has 4 aliphatic rings. The molecule has 0 amide bonds. The molecule has 41 heavy (non-hydrogen) atoms. The molecular weight excluding hydrogens is 565 g/mol. The Morgan fingerprint density at radius 3 is 2.46 bits per heavy atom. The second-order valence-electron chi connectivity index (χ2n) is 11.9. The van der Waals surface area contributed by atoms with E-state index in [4.69, 9.17) is 4.74 Å². The molecule has 6 nitrogen and oxygen atoms in total. The quantitative estimate of drug-likeness (QED) is 0.361. The van der Waals surface area contributed by atoms with Gasteiger partial charge in [0.15, 0.2) is 0 Å². The molecule has 2 aromatic carbocycles. The molecule has 2 aliphatic heterocycles. The summed E-state index contributed by atoms with van der Waals surface area (Å²) in [7, 11) is -3.26. The van der Waals surface area contributed by atoms with Crippen molar-refractivity contribution in [3.8, 4) is 17.0 Å². The monoisotopic (exact) mass is 591 g/mol. The maximum atomic E-state index is 15.4. The maximum absolute atomic E-state index is 15.4. The van der Waals surface area contributed by atoms with E-state index in [1.807, 2.05) is 4.90 Å². The van der Waals surface area contributed by atoms with Gasteiger partial charge in [0.1, 0.15) is 18.2 Å². The van der Waals surface area contributed by atoms with Crippen LogP contribution in [0.1, 0.15) is 34.6 Å². The molecule has 1 aromatic heterocycles. The van der Waals surface area contributed by atoms with Gasteiger partial charge in [0.25, 0.3) is 0 Å². The van der Waals surface area contributed by atoms with Gasteiger partial charge in [0.2, 0.25) is 15.9 Å². The number of anilines is 1. The number of hydrogen-bond donors (Lipinski definition) is 0. The van der Waals surface area contributed by atoms with Crippen molar-refractivity contribution < 1.29 is 35.1 Å². The first kappa shape index (κ1) is 26.6. The third-order valence-electron chi connectivity index (χ3n) is 8.82. The van der Waals surface area contributed by atoms with Gasteiger partial charge in [-0.2, -0.15) is 13.2 Å². The summed E-state index contributed by atoms with van der Waals surface area (Å²) < 4.78 is 102. The lowest BCUT2D eigenvalue weighted by Crippen LogP contribution is -2.72. The van der Waals surface area contributed by atoms with Crippen LogP contribution in [0.5, 0.6) is 5.88 Å². The van der Waals surface area contributed by atoms with E-state index in [0.717, 1.165) is 36.8 Å². The number of pyridine rings is 1. The Balaban J connectivity index is 1.12. The predicted octanol–water partition coefficient (Wildman–Crippen LogP) is 5.37. The van der Waals surface area contributed by atoms with Crippen molar-refractivity contribution in [2.45, 2.75) is 31.5 Å². The van der Waals surface area contributed by atoms with Crippen molar-refractivity contribution in [1.82, 2.24) is 9.29 Å². The van der Waals surface area contributed by atoms with E-state index in [9.17, 15) is 26.0 Å². The lowest BCUT2D eigenvalue weighted by Gasteiger charge is -2.60. The Kier molecular flexibility index (Phi) is 5.77. The molecule has 2 unspecified atom stereocenters. The molecule has 2 atom stereocenters. The summed E-state index contributed by atoms with van der Waals surface area (Å²) in [5, 5.41) is 0. The van der Waals surface area contributed by atoms with Crippen LogP contribution >= 0.6 is 0 Å². The standard InChI is InChI=1S/C29H26F5N3O3S/c1-41(38,39)37-14-28(15-37)12-36(13-28)19-2-3-20(26(31)8-19)22-6-18(25(30)9-24(22)29(32,33)34)11-40-27-7-17-4-16-5-21(16)23(17)10-35-27/h2-3,6-10,16,21H,4-5,11-15H2,1H3. The van der Waals surface area contributed by atoms with Crippen LogP contribution in [0.25, 0.3) is 11.1 Å². The Hall–Kier alpha value is -3.25. The van der Waals surface area contributed by atoms with Crippen LogP contribution in [-0.4, -0.2) is 50.1 Å². The number of halogens is 5. The van der Waals surface area contributed by atoms with Crippen LogP contribution in [0.4, 0.5) is 27.6 Å². The van der Waals surface area contributed by atoms with E-state index >= 15 is 4.39 Å². The van der Waals surface area contributed by atoms with E-state index in [-0.39, 0.29) is 29.0 Å². The smallest absolute Gasteiger partial charge is 0.417 e. The minimum Gasteiger partial charge on any atom is -0.473 e. The van der Waals surface area contributed by atoms with E-state index < -0.39 is 39.0 Å². The number of nitrogens with zero attached hydrogens (tertiary/aromatic N) is 3. The summed E-state index contributed by atoms with van der Waals surface area (Å²) in [6.07, 6.45) is 0.0840. The van der Waals surface area contributed by atoms with Gasteiger partial charge in [-0.15, -0.1) is 0 Å². The van der Waals surface area contributed by atoms with Gasteiger partial charge < -0.3 is 9.64 Å². The second kappa shape index (κ2) is 8.87. The number of sulfonamides is 1. The number of rotatable bonds is 6. The fraction of sp³-hybridized carbons (Fsp3) is 0.414. The van der Waals surface area contributed by atoms with Crippen molar-refractivity contribution in [3.05, 3.63) is 76.5 Å². The van der Waals surface area contributed by atoms with E-state index in [1.165, 1.54) is 22.0 Å². The lowest BCUT2D eigenvalue weighted by atomic mass is 9.74. The number of hydrogen-bond acceptors (Lipinski definition) is 5. The Morgan fingerprint density at radius 2 is 1.78 bits per heavy atom. The molecule has 3 heterocycles. The topological polar surface area (TPSA) is 62.7 Å². The van der Waals surface area contributed by atoms with Gasteiger partial charge in [-0.1, -0.05) is 0 Å². The summed E-state index contributed by atoms with van der Waals surface area (Å²) in [6, 6.07) is 7.12. The average Bonchev–Trinajstić information content (AvgIpc) is 3.51. The average molecular weight is 592 g/mol. The van der Waals surface area contributed by atoms with Crippen molar-refractivity contribution in [2.75, 3.05) is 37.3 Å². The highest BCUT2D eigenvalue weighted by Gasteiger charge is 2.54. The minimum absolute atomic E-state index is 0.147. The molecule has 1 spiro atoms. The SMILES string of the molecule is CS(=O)(=O)N1CC2(CN(c3ccc(-c4cc(COc5cc6c(cn5)C5CC5C6)c(F)cc4C(F)(F)F)c(F)c3)C2)C1. The number of alkyl halides is 3. The first-order valence-electron chi connectivity index (χ1n) is 13.3. The fourth-order valence-electron chi connectivity index (χ4n) is 6.55. The highest BCUT2D eigenvalue weighted by molar-refractivity contribution is 7.88. The number of benzene rings is 2. The first-order chi connectivity index (χ1) is 19.3. The molecule has 216 valence electrons. The summed E-state index contributed by atoms with van der Waals surface area (Å²) in [5.41, 5.74) is 0.401. The van der Waals surface area contributed by atoms with Crippen LogP contribution < -0.4 is 9.64 Å². The first-order valence-corrected chi connectivity index (χ1v) is 15.2. The number of aromatic nitrogens is 1. The highest BCUT2D eigenvalue weighted by Crippen LogP contribution is 2.56. The molecule has 0 N–H and O–H groups in total. The molecule has 1 saturated carbocycles. The van der Waals surface area contributed by atoms with E-state index in [2.05, 4.69) is 4.98 Å². The summed E-state index contributed by atoms with van der Waals surface area (Å²) in [5.74, 6) is -0.523. The maximum Gasteiger partial charge on any atom is 0.417 e. The fourth-order valence-corrected chi connectivity index (χ4v) is 7.57. The summed E-state index contributed by atoms with van der Waals surface area (Å²) in [6.45, 7) is 1.44. The zero-order valence-electron chi connectivity index (χ0n) is 22.0. The molecule has 7 rings (SSSR count). The van der Waals surface area contributed by atoms with Crippen molar-refractivity contribution in [3.63, 3.8) is 0 Å².